The zero-order valence-electron chi connectivity index (χ0n) is 13.5. The van der Waals surface area contributed by atoms with Gasteiger partial charge in [0.2, 0.25) is 0 Å². The summed E-state index contributed by atoms with van der Waals surface area (Å²) >= 11 is 0. The highest BCUT2D eigenvalue weighted by atomic mass is 16.5. The van der Waals surface area contributed by atoms with Crippen LogP contribution in [0.25, 0.3) is 0 Å². The average Bonchev–Trinajstić information content (AvgIpc) is 2.57. The molecule has 3 nitrogen and oxygen atoms in total. The summed E-state index contributed by atoms with van der Waals surface area (Å²) in [5.41, 5.74) is 1.63. The molecule has 0 saturated carbocycles. The lowest BCUT2D eigenvalue weighted by molar-refractivity contribution is -0.132. The fourth-order valence-corrected chi connectivity index (χ4v) is 3.84. The molecule has 2 aliphatic rings. The summed E-state index contributed by atoms with van der Waals surface area (Å²) in [6.45, 7) is 9.65. The monoisotopic (exact) mass is 287 g/mol. The number of nitrogens with zero attached hydrogens (tertiary/aromatic N) is 1. The van der Waals surface area contributed by atoms with Gasteiger partial charge in [-0.1, -0.05) is 18.2 Å². The standard InChI is InChI=1S/C18H25NO2/c1-17(2)14(16(20)18(3,4)21-17)12-19-11-7-9-13-8-5-6-10-15(13)19/h5-6,8,10,14H,7,9,11-12H2,1-4H3. The molecule has 0 radical (unpaired) electrons. The van der Waals surface area contributed by atoms with Gasteiger partial charge in [0.1, 0.15) is 5.60 Å². The van der Waals surface area contributed by atoms with Crippen molar-refractivity contribution in [2.24, 2.45) is 5.92 Å². The van der Waals surface area contributed by atoms with Gasteiger partial charge in [-0.2, -0.15) is 0 Å². The highest BCUT2D eigenvalue weighted by Gasteiger charge is 2.53. The maximum Gasteiger partial charge on any atom is 0.171 e. The number of benzene rings is 1. The van der Waals surface area contributed by atoms with E-state index in [2.05, 4.69) is 29.2 Å². The smallest absolute Gasteiger partial charge is 0.171 e. The topological polar surface area (TPSA) is 29.5 Å². The summed E-state index contributed by atoms with van der Waals surface area (Å²) in [5.74, 6) is 0.161. The average molecular weight is 287 g/mol. The second-order valence-electron chi connectivity index (χ2n) is 7.31. The number of carbonyl (C=O) groups excluding carboxylic acids is 1. The fourth-order valence-electron chi connectivity index (χ4n) is 3.84. The number of hydrogen-bond donors (Lipinski definition) is 0. The molecule has 0 spiro atoms. The molecule has 1 atom stereocenters. The van der Waals surface area contributed by atoms with E-state index >= 15 is 0 Å². The number of aryl methyl sites for hydroxylation is 1. The number of rotatable bonds is 2. The van der Waals surface area contributed by atoms with Gasteiger partial charge in [-0.15, -0.1) is 0 Å². The summed E-state index contributed by atoms with van der Waals surface area (Å²) in [5, 5.41) is 0. The molecule has 1 fully saturated rings. The van der Waals surface area contributed by atoms with Crippen LogP contribution in [0.2, 0.25) is 0 Å². The first kappa shape index (κ1) is 14.6. The minimum absolute atomic E-state index is 0.0707. The molecule has 0 aromatic heterocycles. The van der Waals surface area contributed by atoms with Crippen LogP contribution in [-0.4, -0.2) is 30.1 Å². The Kier molecular flexibility index (Phi) is 3.36. The first-order valence-electron chi connectivity index (χ1n) is 7.88. The maximum absolute atomic E-state index is 12.7. The minimum Gasteiger partial charge on any atom is -0.370 e. The van der Waals surface area contributed by atoms with Crippen molar-refractivity contribution in [3.8, 4) is 0 Å². The van der Waals surface area contributed by atoms with Crippen molar-refractivity contribution in [3.63, 3.8) is 0 Å². The lowest BCUT2D eigenvalue weighted by Gasteiger charge is -2.35. The van der Waals surface area contributed by atoms with Crippen molar-refractivity contribution in [1.82, 2.24) is 0 Å². The molecule has 21 heavy (non-hydrogen) atoms. The van der Waals surface area contributed by atoms with E-state index in [1.54, 1.807) is 0 Å². The number of fused-ring (bicyclic) bond motifs is 1. The van der Waals surface area contributed by atoms with Crippen molar-refractivity contribution in [2.45, 2.75) is 51.7 Å². The molecule has 2 heterocycles. The first-order chi connectivity index (χ1) is 9.81. The molecule has 1 aromatic rings. The van der Waals surface area contributed by atoms with Gasteiger partial charge in [0.25, 0.3) is 0 Å². The van der Waals surface area contributed by atoms with Gasteiger partial charge in [0.05, 0.1) is 11.5 Å². The van der Waals surface area contributed by atoms with Gasteiger partial charge in [-0.25, -0.2) is 0 Å². The van der Waals surface area contributed by atoms with Crippen LogP contribution in [0.5, 0.6) is 0 Å². The fraction of sp³-hybridized carbons (Fsp3) is 0.611. The summed E-state index contributed by atoms with van der Waals surface area (Å²) in [4.78, 5) is 15.0. The van der Waals surface area contributed by atoms with Crippen LogP contribution in [-0.2, 0) is 16.0 Å². The largest absolute Gasteiger partial charge is 0.370 e. The summed E-state index contributed by atoms with van der Waals surface area (Å²) < 4.78 is 6.01. The number of hydrogen-bond acceptors (Lipinski definition) is 3. The maximum atomic E-state index is 12.7. The van der Waals surface area contributed by atoms with E-state index in [4.69, 9.17) is 4.74 Å². The van der Waals surface area contributed by atoms with Crippen LogP contribution in [0.4, 0.5) is 5.69 Å². The normalized spacial score (nSPS) is 26.8. The van der Waals surface area contributed by atoms with E-state index in [9.17, 15) is 4.79 Å². The molecule has 3 heteroatoms. The minimum atomic E-state index is -0.663. The highest BCUT2D eigenvalue weighted by Crippen LogP contribution is 2.40. The van der Waals surface area contributed by atoms with Crippen LogP contribution >= 0.6 is 0 Å². The van der Waals surface area contributed by atoms with Gasteiger partial charge in [-0.05, 0) is 52.2 Å². The SMILES string of the molecule is CC1(C)OC(C)(C)C(CN2CCCc3ccccc32)C1=O. The molecule has 0 bridgehead atoms. The number of ketones is 1. The Morgan fingerprint density at radius 2 is 1.95 bits per heavy atom. The molecule has 1 aromatic carbocycles. The van der Waals surface area contributed by atoms with E-state index in [1.165, 1.54) is 11.3 Å². The van der Waals surface area contributed by atoms with Crippen molar-refractivity contribution in [2.75, 3.05) is 18.0 Å². The van der Waals surface area contributed by atoms with E-state index < -0.39 is 11.2 Å². The molecule has 0 amide bonds. The summed E-state index contributed by atoms with van der Waals surface area (Å²) in [7, 11) is 0. The predicted molar refractivity (Wildman–Crippen MR) is 84.7 cm³/mol. The molecule has 0 aliphatic carbocycles. The lowest BCUT2D eigenvalue weighted by atomic mass is 9.85. The molecule has 3 rings (SSSR count). The van der Waals surface area contributed by atoms with Crippen LogP contribution in [0.1, 0.15) is 39.7 Å². The Bertz CT molecular complexity index is 562. The molecular weight excluding hydrogens is 262 g/mol. The van der Waals surface area contributed by atoms with Crippen molar-refractivity contribution in [3.05, 3.63) is 29.8 Å². The van der Waals surface area contributed by atoms with Crippen molar-refractivity contribution >= 4 is 11.5 Å². The number of para-hydroxylation sites is 1. The summed E-state index contributed by atoms with van der Waals surface area (Å²) in [6, 6.07) is 8.55. The van der Waals surface area contributed by atoms with Crippen LogP contribution in [0.3, 0.4) is 0 Å². The van der Waals surface area contributed by atoms with Crippen LogP contribution in [0, 0.1) is 5.92 Å². The second-order valence-corrected chi connectivity index (χ2v) is 7.31. The molecular formula is C18H25NO2. The third-order valence-electron chi connectivity index (χ3n) is 4.88. The molecule has 1 saturated heterocycles. The quantitative estimate of drug-likeness (QED) is 0.836. The number of ether oxygens (including phenoxy) is 1. The Labute approximate surface area is 127 Å². The number of Topliss-reactive ketones (excluding diaryl/α,β-unsaturated/α-hetero) is 1. The number of anilines is 1. The zero-order valence-corrected chi connectivity index (χ0v) is 13.5. The molecule has 114 valence electrons. The molecule has 2 aliphatic heterocycles. The van der Waals surface area contributed by atoms with Crippen LogP contribution < -0.4 is 4.90 Å². The lowest BCUT2D eigenvalue weighted by Crippen LogP contribution is -2.43. The third kappa shape index (κ3) is 2.48. The molecule has 0 N–H and O–H groups in total. The Morgan fingerprint density at radius 3 is 2.62 bits per heavy atom. The summed E-state index contributed by atoms with van der Waals surface area (Å²) in [6.07, 6.45) is 2.29. The van der Waals surface area contributed by atoms with Gasteiger partial charge in [0.15, 0.2) is 5.78 Å². The molecule has 1 unspecified atom stereocenters. The van der Waals surface area contributed by atoms with Gasteiger partial charge in [-0.3, -0.25) is 4.79 Å². The van der Waals surface area contributed by atoms with Crippen molar-refractivity contribution in [1.29, 1.82) is 0 Å². The van der Waals surface area contributed by atoms with Gasteiger partial charge < -0.3 is 9.64 Å². The Morgan fingerprint density at radius 1 is 1.24 bits per heavy atom. The highest BCUT2D eigenvalue weighted by molar-refractivity contribution is 5.92. The zero-order chi connectivity index (χ0) is 15.3. The van der Waals surface area contributed by atoms with E-state index in [-0.39, 0.29) is 11.7 Å². The van der Waals surface area contributed by atoms with Gasteiger partial charge in [0, 0.05) is 18.8 Å². The third-order valence-corrected chi connectivity index (χ3v) is 4.88. The second kappa shape index (κ2) is 4.84. The van der Waals surface area contributed by atoms with E-state index in [0.717, 1.165) is 25.9 Å². The number of carbonyl (C=O) groups is 1. The van der Waals surface area contributed by atoms with Crippen LogP contribution in [0.15, 0.2) is 24.3 Å². The van der Waals surface area contributed by atoms with Crippen molar-refractivity contribution < 1.29 is 9.53 Å². The van der Waals surface area contributed by atoms with E-state index in [0.29, 0.717) is 0 Å². The van der Waals surface area contributed by atoms with E-state index in [1.807, 2.05) is 27.7 Å². The predicted octanol–water partition coefficient (Wildman–Crippen LogP) is 3.21. The Balaban J connectivity index is 1.86. The first-order valence-corrected chi connectivity index (χ1v) is 7.88. The van der Waals surface area contributed by atoms with Gasteiger partial charge >= 0.3 is 0 Å². The Hall–Kier alpha value is -1.35.